The third kappa shape index (κ3) is 3.75. The predicted octanol–water partition coefficient (Wildman–Crippen LogP) is 3.34. The Balaban J connectivity index is 4.03. The third-order valence-electron chi connectivity index (χ3n) is 2.50. The van der Waals surface area contributed by atoms with Gasteiger partial charge in [-0.2, -0.15) is 0 Å². The van der Waals surface area contributed by atoms with Crippen LogP contribution in [-0.4, -0.2) is 0 Å². The summed E-state index contributed by atoms with van der Waals surface area (Å²) in [6.45, 7) is 8.94. The van der Waals surface area contributed by atoms with E-state index in [0.29, 0.717) is 0 Å². The molecular formula is C21H15. The van der Waals surface area contributed by atoms with E-state index in [2.05, 4.69) is 65.3 Å². The molecule has 1 aromatic rings. The van der Waals surface area contributed by atoms with Gasteiger partial charge in [-0.1, -0.05) is 29.6 Å². The first-order valence-electron chi connectivity index (χ1n) is 6.50. The fourth-order valence-electron chi connectivity index (χ4n) is 1.81. The van der Waals surface area contributed by atoms with Crippen molar-refractivity contribution in [3.63, 3.8) is 0 Å². The van der Waals surface area contributed by atoms with Crippen LogP contribution in [0.25, 0.3) is 0 Å². The summed E-state index contributed by atoms with van der Waals surface area (Å²) in [5.41, 5.74) is 3.80. The summed E-state index contributed by atoms with van der Waals surface area (Å²) in [5, 5.41) is 0. The van der Waals surface area contributed by atoms with Crippen LogP contribution >= 0.6 is 0 Å². The first-order valence-corrected chi connectivity index (χ1v) is 6.50. The molecule has 1 aromatic carbocycles. The predicted molar refractivity (Wildman–Crippen MR) is 88.0 cm³/mol. The summed E-state index contributed by atoms with van der Waals surface area (Å²) in [5.74, 6) is 29.9. The van der Waals surface area contributed by atoms with Crippen LogP contribution in [0.4, 0.5) is 0 Å². The SMILES string of the molecule is CC#Cc1[c]c(C#CC)c(C#CC)c(C#CC)c1C#CC. The molecule has 1 radical (unpaired) electrons. The van der Waals surface area contributed by atoms with Crippen molar-refractivity contribution in [2.45, 2.75) is 34.6 Å². The van der Waals surface area contributed by atoms with Gasteiger partial charge in [0.15, 0.2) is 0 Å². The summed E-state index contributed by atoms with van der Waals surface area (Å²) < 4.78 is 0. The zero-order valence-corrected chi connectivity index (χ0v) is 13.0. The largest absolute Gasteiger partial charge is 0.101 e. The van der Waals surface area contributed by atoms with Gasteiger partial charge in [-0.15, -0.1) is 29.6 Å². The molecule has 0 fully saturated rings. The molecule has 0 aliphatic carbocycles. The van der Waals surface area contributed by atoms with E-state index >= 15 is 0 Å². The second-order valence-electron chi connectivity index (χ2n) is 3.88. The number of rotatable bonds is 0. The van der Waals surface area contributed by atoms with Gasteiger partial charge in [0, 0.05) is 6.07 Å². The first-order chi connectivity index (χ1) is 10.2. The van der Waals surface area contributed by atoms with Gasteiger partial charge in [-0.05, 0) is 34.6 Å². The minimum absolute atomic E-state index is 0.726. The van der Waals surface area contributed by atoms with Crippen LogP contribution in [0.1, 0.15) is 62.4 Å². The van der Waals surface area contributed by atoms with Crippen molar-refractivity contribution < 1.29 is 0 Å². The van der Waals surface area contributed by atoms with Crippen molar-refractivity contribution in [3.8, 4) is 59.2 Å². The molecule has 0 N–H and O–H groups in total. The highest BCUT2D eigenvalue weighted by molar-refractivity contribution is 5.69. The molecule has 0 saturated heterocycles. The lowest BCUT2D eigenvalue weighted by molar-refractivity contribution is 1.45. The van der Waals surface area contributed by atoms with Gasteiger partial charge in [0.1, 0.15) is 0 Å². The van der Waals surface area contributed by atoms with E-state index in [1.165, 1.54) is 0 Å². The molecule has 0 amide bonds. The molecule has 0 spiro atoms. The monoisotopic (exact) mass is 267 g/mol. The van der Waals surface area contributed by atoms with Crippen molar-refractivity contribution in [2.75, 3.05) is 0 Å². The molecule has 0 heterocycles. The minimum Gasteiger partial charge on any atom is -0.101 e. The second-order valence-corrected chi connectivity index (χ2v) is 3.88. The second kappa shape index (κ2) is 8.24. The number of hydrogen-bond donors (Lipinski definition) is 0. The Morgan fingerprint density at radius 2 is 0.810 bits per heavy atom. The molecule has 0 aliphatic heterocycles. The van der Waals surface area contributed by atoms with E-state index in [1.807, 2.05) is 0 Å². The lowest BCUT2D eigenvalue weighted by atomic mass is 9.92. The normalized spacial score (nSPS) is 7.29. The van der Waals surface area contributed by atoms with Crippen LogP contribution in [0.2, 0.25) is 0 Å². The van der Waals surface area contributed by atoms with Crippen LogP contribution in [0.5, 0.6) is 0 Å². The van der Waals surface area contributed by atoms with Crippen molar-refractivity contribution in [3.05, 3.63) is 33.9 Å². The maximum atomic E-state index is 3.23. The van der Waals surface area contributed by atoms with Crippen LogP contribution < -0.4 is 0 Å². The Labute approximate surface area is 128 Å². The van der Waals surface area contributed by atoms with E-state index in [1.54, 1.807) is 34.6 Å². The van der Waals surface area contributed by atoms with E-state index in [0.717, 1.165) is 27.8 Å². The summed E-state index contributed by atoms with van der Waals surface area (Å²) in [6.07, 6.45) is 0. The average Bonchev–Trinajstić information content (AvgIpc) is 2.47. The molecule has 21 heavy (non-hydrogen) atoms. The fraction of sp³-hybridized carbons (Fsp3) is 0.238. The lowest BCUT2D eigenvalue weighted by Gasteiger charge is -2.07. The molecule has 0 aromatic heterocycles. The van der Waals surface area contributed by atoms with Gasteiger partial charge in [0.25, 0.3) is 0 Å². The fourth-order valence-corrected chi connectivity index (χ4v) is 1.81. The molecule has 0 heteroatoms. The molecule has 0 aliphatic rings. The molecule has 0 nitrogen and oxygen atoms in total. The Morgan fingerprint density at radius 3 is 1.14 bits per heavy atom. The third-order valence-corrected chi connectivity index (χ3v) is 2.50. The molecule has 0 atom stereocenters. The minimum atomic E-state index is 0.726. The molecule has 99 valence electrons. The standard InChI is InChI=1S/C21H15/c1-6-11-17-16-18(12-7-2)20(14-9-4)21(15-10-5)19(17)13-8-3/h1-5H3. The number of hydrogen-bond acceptors (Lipinski definition) is 0. The molecule has 1 rings (SSSR count). The quantitative estimate of drug-likeness (QED) is 0.632. The molecule has 0 saturated carbocycles. The van der Waals surface area contributed by atoms with Crippen LogP contribution in [0, 0.1) is 65.3 Å². The smallest absolute Gasteiger partial charge is 0.0584 e. The van der Waals surface area contributed by atoms with Gasteiger partial charge in [0.05, 0.1) is 27.8 Å². The van der Waals surface area contributed by atoms with Crippen LogP contribution in [-0.2, 0) is 0 Å². The summed E-state index contributed by atoms with van der Waals surface area (Å²) in [7, 11) is 0. The van der Waals surface area contributed by atoms with E-state index in [-0.39, 0.29) is 0 Å². The highest BCUT2D eigenvalue weighted by atomic mass is 14.1. The van der Waals surface area contributed by atoms with Gasteiger partial charge in [-0.25, -0.2) is 0 Å². The topological polar surface area (TPSA) is 0 Å². The van der Waals surface area contributed by atoms with Crippen molar-refractivity contribution >= 4 is 0 Å². The Morgan fingerprint density at radius 1 is 0.476 bits per heavy atom. The first kappa shape index (κ1) is 16.1. The Hall–Kier alpha value is -2.98. The van der Waals surface area contributed by atoms with Gasteiger partial charge in [0.2, 0.25) is 0 Å². The van der Waals surface area contributed by atoms with E-state index in [9.17, 15) is 0 Å². The van der Waals surface area contributed by atoms with Gasteiger partial charge >= 0.3 is 0 Å². The maximum absolute atomic E-state index is 3.23. The van der Waals surface area contributed by atoms with E-state index in [4.69, 9.17) is 0 Å². The van der Waals surface area contributed by atoms with Crippen molar-refractivity contribution in [2.24, 2.45) is 0 Å². The Kier molecular flexibility index (Phi) is 6.31. The molecular weight excluding hydrogens is 252 g/mol. The maximum Gasteiger partial charge on any atom is 0.0584 e. The van der Waals surface area contributed by atoms with Crippen LogP contribution in [0.15, 0.2) is 0 Å². The molecule has 0 bridgehead atoms. The van der Waals surface area contributed by atoms with Crippen molar-refractivity contribution in [1.82, 2.24) is 0 Å². The van der Waals surface area contributed by atoms with Gasteiger partial charge < -0.3 is 0 Å². The molecule has 0 unspecified atom stereocenters. The van der Waals surface area contributed by atoms with E-state index < -0.39 is 0 Å². The zero-order chi connectivity index (χ0) is 15.7. The number of benzene rings is 1. The van der Waals surface area contributed by atoms with Gasteiger partial charge in [-0.3, -0.25) is 0 Å². The highest BCUT2D eigenvalue weighted by Gasteiger charge is 2.13. The lowest BCUT2D eigenvalue weighted by Crippen LogP contribution is -1.99. The summed E-state index contributed by atoms with van der Waals surface area (Å²) >= 11 is 0. The average molecular weight is 267 g/mol. The van der Waals surface area contributed by atoms with Crippen molar-refractivity contribution in [1.29, 1.82) is 0 Å². The summed E-state index contributed by atoms with van der Waals surface area (Å²) in [6, 6.07) is 3.23. The summed E-state index contributed by atoms with van der Waals surface area (Å²) in [4.78, 5) is 0. The van der Waals surface area contributed by atoms with Crippen LogP contribution in [0.3, 0.4) is 0 Å². The Bertz CT molecular complexity index is 791. The zero-order valence-electron chi connectivity index (χ0n) is 13.0. The highest BCUT2D eigenvalue weighted by Crippen LogP contribution is 2.21.